The zero-order valence-electron chi connectivity index (χ0n) is 19.5. The summed E-state index contributed by atoms with van der Waals surface area (Å²) in [5, 5.41) is 0. The SMILES string of the molecule is COC(=O)C1=C(N2CCOCC2)CC2C(=O)C(c3ccccc3)C(=O)/C2=C(C)/C=C\1C(=O)OC. The number of allylic oxidation sites excluding steroid dienone is 4. The van der Waals surface area contributed by atoms with Gasteiger partial charge in [-0.3, -0.25) is 9.59 Å². The Morgan fingerprint density at radius 3 is 2.26 bits per heavy atom. The summed E-state index contributed by atoms with van der Waals surface area (Å²) in [5.74, 6) is -3.58. The molecule has 0 spiro atoms. The van der Waals surface area contributed by atoms with Crippen LogP contribution in [-0.2, 0) is 33.4 Å². The molecule has 0 aromatic heterocycles. The number of methoxy groups -OCH3 is 2. The van der Waals surface area contributed by atoms with Crippen LogP contribution in [0.15, 0.2) is 64.4 Å². The van der Waals surface area contributed by atoms with Crippen LogP contribution in [0.5, 0.6) is 0 Å². The molecule has 1 aromatic rings. The Bertz CT molecular complexity index is 1120. The van der Waals surface area contributed by atoms with Crippen molar-refractivity contribution in [2.75, 3.05) is 40.5 Å². The molecular formula is C26H27NO7. The number of fused-ring (bicyclic) bond motifs is 1. The molecule has 2 fully saturated rings. The van der Waals surface area contributed by atoms with Crippen LogP contribution < -0.4 is 0 Å². The van der Waals surface area contributed by atoms with Gasteiger partial charge in [-0.1, -0.05) is 30.3 Å². The van der Waals surface area contributed by atoms with Crippen LogP contribution in [0, 0.1) is 5.92 Å². The lowest BCUT2D eigenvalue weighted by atomic mass is 9.85. The number of nitrogens with zero attached hydrogens (tertiary/aromatic N) is 1. The van der Waals surface area contributed by atoms with Crippen molar-refractivity contribution in [3.63, 3.8) is 0 Å². The standard InChI is InChI=1S/C26H27NO7/c1-15-13-18(25(30)32-2)22(26(31)33-3)19(27-9-11-34-12-10-27)14-17-20(15)24(29)21(23(17)28)16-7-5-4-6-8-16/h4-8,13,17,21H,9-12,14H2,1-3H3/b18-13+,20-15+,22-19?. The molecule has 2 aliphatic carbocycles. The van der Waals surface area contributed by atoms with Crippen molar-refractivity contribution in [1.29, 1.82) is 0 Å². The first-order chi connectivity index (χ1) is 16.4. The van der Waals surface area contributed by atoms with Gasteiger partial charge in [0.05, 0.1) is 44.5 Å². The highest BCUT2D eigenvalue weighted by atomic mass is 16.5. The van der Waals surface area contributed by atoms with Crippen LogP contribution in [0.1, 0.15) is 24.8 Å². The van der Waals surface area contributed by atoms with Gasteiger partial charge in [-0.25, -0.2) is 9.59 Å². The summed E-state index contributed by atoms with van der Waals surface area (Å²) in [6.45, 7) is 3.49. The van der Waals surface area contributed by atoms with E-state index in [0.29, 0.717) is 48.7 Å². The maximum absolute atomic E-state index is 13.7. The van der Waals surface area contributed by atoms with Crippen LogP contribution in [0.2, 0.25) is 0 Å². The minimum absolute atomic E-state index is 0.00250. The molecule has 178 valence electrons. The van der Waals surface area contributed by atoms with Crippen LogP contribution >= 0.6 is 0 Å². The van der Waals surface area contributed by atoms with E-state index in [1.807, 2.05) is 11.0 Å². The van der Waals surface area contributed by atoms with Gasteiger partial charge < -0.3 is 19.1 Å². The average Bonchev–Trinajstić information content (AvgIpc) is 3.10. The Labute approximate surface area is 197 Å². The topological polar surface area (TPSA) is 99.2 Å². The highest BCUT2D eigenvalue weighted by Gasteiger charge is 2.48. The molecule has 0 N–H and O–H groups in total. The third kappa shape index (κ3) is 4.09. The lowest BCUT2D eigenvalue weighted by Gasteiger charge is -2.34. The minimum atomic E-state index is -0.920. The maximum atomic E-state index is 13.7. The van der Waals surface area contributed by atoms with E-state index in [2.05, 4.69) is 0 Å². The van der Waals surface area contributed by atoms with Crippen molar-refractivity contribution < 1.29 is 33.4 Å². The fourth-order valence-corrected chi connectivity index (χ4v) is 4.97. The van der Waals surface area contributed by atoms with Crippen LogP contribution in [0.3, 0.4) is 0 Å². The molecule has 2 unspecified atom stereocenters. The number of ketones is 2. The van der Waals surface area contributed by atoms with E-state index in [4.69, 9.17) is 14.2 Å². The molecule has 8 heteroatoms. The molecule has 34 heavy (non-hydrogen) atoms. The molecule has 1 saturated carbocycles. The van der Waals surface area contributed by atoms with E-state index in [1.165, 1.54) is 20.3 Å². The van der Waals surface area contributed by atoms with Gasteiger partial charge in [0.2, 0.25) is 0 Å². The van der Waals surface area contributed by atoms with Gasteiger partial charge in [0.15, 0.2) is 11.6 Å². The number of morpholine rings is 1. The summed E-state index contributed by atoms with van der Waals surface area (Å²) in [6, 6.07) is 8.95. The lowest BCUT2D eigenvalue weighted by Crippen LogP contribution is -2.39. The van der Waals surface area contributed by atoms with E-state index in [1.54, 1.807) is 31.2 Å². The zero-order chi connectivity index (χ0) is 24.4. The second kappa shape index (κ2) is 9.77. The first-order valence-corrected chi connectivity index (χ1v) is 11.2. The van der Waals surface area contributed by atoms with Crippen molar-refractivity contribution >= 4 is 23.5 Å². The second-order valence-electron chi connectivity index (χ2n) is 8.43. The summed E-state index contributed by atoms with van der Waals surface area (Å²) in [7, 11) is 2.47. The molecule has 0 amide bonds. The van der Waals surface area contributed by atoms with Crippen molar-refractivity contribution in [3.8, 4) is 0 Å². The van der Waals surface area contributed by atoms with Gasteiger partial charge >= 0.3 is 11.9 Å². The second-order valence-corrected chi connectivity index (χ2v) is 8.43. The molecule has 1 aromatic carbocycles. The molecule has 4 rings (SSSR count). The quantitative estimate of drug-likeness (QED) is 0.493. The smallest absolute Gasteiger partial charge is 0.340 e. The average molecular weight is 466 g/mol. The zero-order valence-corrected chi connectivity index (χ0v) is 19.5. The van der Waals surface area contributed by atoms with Crippen LogP contribution in [0.25, 0.3) is 0 Å². The predicted octanol–water partition coefficient (Wildman–Crippen LogP) is 2.12. The normalized spacial score (nSPS) is 26.9. The van der Waals surface area contributed by atoms with Crippen LogP contribution in [-0.4, -0.2) is 68.9 Å². The molecule has 1 saturated heterocycles. The maximum Gasteiger partial charge on any atom is 0.340 e. The van der Waals surface area contributed by atoms with Gasteiger partial charge in [-0.15, -0.1) is 0 Å². The lowest BCUT2D eigenvalue weighted by molar-refractivity contribution is -0.139. The third-order valence-corrected chi connectivity index (χ3v) is 6.57. The summed E-state index contributed by atoms with van der Waals surface area (Å²) in [5.41, 5.74) is 2.00. The Hall–Kier alpha value is -3.52. The van der Waals surface area contributed by atoms with Gasteiger partial charge in [0.1, 0.15) is 5.92 Å². The number of Topliss-reactive ketones (excluding diaryl/α,β-unsaturated/α-hetero) is 2. The minimum Gasteiger partial charge on any atom is -0.465 e. The first-order valence-electron chi connectivity index (χ1n) is 11.2. The molecular weight excluding hydrogens is 438 g/mol. The van der Waals surface area contributed by atoms with Gasteiger partial charge in [-0.05, 0) is 24.1 Å². The summed E-state index contributed by atoms with van der Waals surface area (Å²) in [4.78, 5) is 54.9. The van der Waals surface area contributed by atoms with E-state index in [9.17, 15) is 19.2 Å². The number of hydrogen-bond donors (Lipinski definition) is 0. The fourth-order valence-electron chi connectivity index (χ4n) is 4.97. The van der Waals surface area contributed by atoms with Crippen molar-refractivity contribution in [2.24, 2.45) is 5.92 Å². The molecule has 0 bridgehead atoms. The summed E-state index contributed by atoms with van der Waals surface area (Å²) < 4.78 is 15.5. The number of carbonyl (C=O) groups excluding carboxylic acids is 4. The van der Waals surface area contributed by atoms with Gasteiger partial charge in [0, 0.05) is 30.8 Å². The number of carbonyl (C=O) groups is 4. The van der Waals surface area contributed by atoms with Crippen molar-refractivity contribution in [1.82, 2.24) is 4.90 Å². The highest BCUT2D eigenvalue weighted by Crippen LogP contribution is 2.44. The van der Waals surface area contributed by atoms with E-state index < -0.39 is 23.8 Å². The fraction of sp³-hybridized carbons (Fsp3) is 0.385. The Morgan fingerprint density at radius 2 is 1.65 bits per heavy atom. The number of hydrogen-bond acceptors (Lipinski definition) is 8. The molecule has 1 heterocycles. The number of benzene rings is 1. The van der Waals surface area contributed by atoms with Crippen molar-refractivity contribution in [3.05, 3.63) is 70.0 Å². The Morgan fingerprint density at radius 1 is 1.00 bits per heavy atom. The number of esters is 2. The van der Waals surface area contributed by atoms with Crippen LogP contribution in [0.4, 0.5) is 0 Å². The van der Waals surface area contributed by atoms with Gasteiger partial charge in [0.25, 0.3) is 0 Å². The number of rotatable bonds is 4. The molecule has 1 aliphatic heterocycles. The highest BCUT2D eigenvalue weighted by molar-refractivity contribution is 6.25. The Balaban J connectivity index is 1.94. The first kappa shape index (κ1) is 23.6. The number of ether oxygens (including phenoxy) is 3. The van der Waals surface area contributed by atoms with E-state index >= 15 is 0 Å². The molecule has 0 radical (unpaired) electrons. The monoisotopic (exact) mass is 465 g/mol. The molecule has 2 atom stereocenters. The third-order valence-electron chi connectivity index (χ3n) is 6.57. The molecule has 3 aliphatic rings. The summed E-state index contributed by atoms with van der Waals surface area (Å²) >= 11 is 0. The van der Waals surface area contributed by atoms with E-state index in [0.717, 1.165) is 0 Å². The molecule has 8 nitrogen and oxygen atoms in total. The van der Waals surface area contributed by atoms with E-state index in [-0.39, 0.29) is 29.1 Å². The predicted molar refractivity (Wildman–Crippen MR) is 122 cm³/mol. The Kier molecular flexibility index (Phi) is 6.79. The van der Waals surface area contributed by atoms with Crippen molar-refractivity contribution in [2.45, 2.75) is 19.3 Å². The largest absolute Gasteiger partial charge is 0.465 e. The summed E-state index contributed by atoms with van der Waals surface area (Å²) in [6.07, 6.45) is 1.57. The van der Waals surface area contributed by atoms with Gasteiger partial charge in [-0.2, -0.15) is 0 Å².